The van der Waals surface area contributed by atoms with E-state index in [0.717, 1.165) is 22.3 Å². The zero-order valence-corrected chi connectivity index (χ0v) is 26.0. The number of ketones is 1. The Labute approximate surface area is 244 Å². The van der Waals surface area contributed by atoms with Crippen molar-refractivity contribution in [3.05, 3.63) is 100 Å². The van der Waals surface area contributed by atoms with Crippen molar-refractivity contribution in [1.82, 2.24) is 0 Å². The number of carbonyl (C=O) groups excluding carboxylic acids is 2. The molecule has 5 heteroatoms. The molecule has 1 heterocycles. The largest absolute Gasteiger partial charge is 0.507 e. The van der Waals surface area contributed by atoms with E-state index in [2.05, 4.69) is 62.3 Å². The first kappa shape index (κ1) is 30.1. The lowest BCUT2D eigenvalue weighted by molar-refractivity contribution is -0.132. The van der Waals surface area contributed by atoms with Gasteiger partial charge in [0.1, 0.15) is 11.5 Å². The lowest BCUT2D eigenvalue weighted by Crippen LogP contribution is -2.29. The molecule has 3 aromatic rings. The number of anilines is 1. The molecule has 5 nitrogen and oxygen atoms in total. The number of aliphatic hydroxyl groups is 1. The molecule has 0 bridgehead atoms. The number of ether oxygens (including phenoxy) is 1. The quantitative estimate of drug-likeness (QED) is 0.201. The number of carbonyl (C=O) groups is 2. The molecule has 0 spiro atoms. The highest BCUT2D eigenvalue weighted by molar-refractivity contribution is 6.51. The molecule has 0 aromatic heterocycles. The van der Waals surface area contributed by atoms with Gasteiger partial charge in [-0.3, -0.25) is 14.5 Å². The normalized spacial score (nSPS) is 17.7. The lowest BCUT2D eigenvalue weighted by Gasteiger charge is -2.28. The van der Waals surface area contributed by atoms with Crippen molar-refractivity contribution in [3.8, 4) is 5.75 Å². The third-order valence-electron chi connectivity index (χ3n) is 7.83. The van der Waals surface area contributed by atoms with Crippen LogP contribution < -0.4 is 9.64 Å². The summed E-state index contributed by atoms with van der Waals surface area (Å²) in [5.74, 6) is -0.872. The van der Waals surface area contributed by atoms with Gasteiger partial charge in [-0.25, -0.2) is 0 Å². The summed E-state index contributed by atoms with van der Waals surface area (Å²) in [5, 5.41) is 11.7. The molecule has 41 heavy (non-hydrogen) atoms. The molecule has 1 aliphatic heterocycles. The average Bonchev–Trinajstić information content (AvgIpc) is 3.16. The number of aliphatic hydroxyl groups excluding tert-OH is 1. The van der Waals surface area contributed by atoms with E-state index in [9.17, 15) is 14.7 Å². The van der Waals surface area contributed by atoms with Crippen LogP contribution in [0.15, 0.2) is 72.3 Å². The number of nitrogens with zero attached hydrogens (tertiary/aromatic N) is 1. The fraction of sp³-hybridized carbons (Fsp3) is 0.389. The summed E-state index contributed by atoms with van der Waals surface area (Å²) in [6, 6.07) is 20.3. The zero-order chi connectivity index (χ0) is 30.5. The Kier molecular flexibility index (Phi) is 7.72. The Morgan fingerprint density at radius 2 is 1.24 bits per heavy atom. The van der Waals surface area contributed by atoms with Gasteiger partial charge in [0.2, 0.25) is 0 Å². The van der Waals surface area contributed by atoms with Crippen molar-refractivity contribution >= 4 is 23.1 Å². The van der Waals surface area contributed by atoms with E-state index in [-0.39, 0.29) is 27.6 Å². The Hall–Kier alpha value is -3.86. The fourth-order valence-electron chi connectivity index (χ4n) is 5.30. The monoisotopic (exact) mass is 553 g/mol. The van der Waals surface area contributed by atoms with Crippen molar-refractivity contribution in [1.29, 1.82) is 0 Å². The number of hydrogen-bond donors (Lipinski definition) is 1. The van der Waals surface area contributed by atoms with Gasteiger partial charge < -0.3 is 9.84 Å². The molecule has 1 fully saturated rings. The van der Waals surface area contributed by atoms with E-state index in [0.29, 0.717) is 17.0 Å². The van der Waals surface area contributed by atoms with Crippen molar-refractivity contribution < 1.29 is 19.4 Å². The van der Waals surface area contributed by atoms with Crippen LogP contribution in [0.5, 0.6) is 5.75 Å². The van der Waals surface area contributed by atoms with Crippen LogP contribution in [0.1, 0.15) is 96.2 Å². The Morgan fingerprint density at radius 1 is 0.732 bits per heavy atom. The minimum Gasteiger partial charge on any atom is -0.507 e. The Morgan fingerprint density at radius 3 is 1.71 bits per heavy atom. The second kappa shape index (κ2) is 10.5. The van der Waals surface area contributed by atoms with Crippen molar-refractivity contribution in [3.63, 3.8) is 0 Å². The van der Waals surface area contributed by atoms with E-state index in [1.807, 2.05) is 54.6 Å². The molecule has 0 radical (unpaired) electrons. The second-order valence-electron chi connectivity index (χ2n) is 14.0. The molecule has 0 aliphatic carbocycles. The molecule has 1 saturated heterocycles. The second-order valence-corrected chi connectivity index (χ2v) is 14.0. The summed E-state index contributed by atoms with van der Waals surface area (Å²) in [6.07, 6.45) is 0. The highest BCUT2D eigenvalue weighted by atomic mass is 16.5. The van der Waals surface area contributed by atoms with Crippen molar-refractivity contribution in [2.75, 3.05) is 12.0 Å². The van der Waals surface area contributed by atoms with Crippen LogP contribution in [-0.2, 0) is 25.8 Å². The summed E-state index contributed by atoms with van der Waals surface area (Å²) in [6.45, 7) is 19.0. The zero-order valence-electron chi connectivity index (χ0n) is 26.0. The van der Waals surface area contributed by atoms with E-state index >= 15 is 0 Å². The number of amides is 1. The molecule has 216 valence electrons. The van der Waals surface area contributed by atoms with E-state index in [1.54, 1.807) is 19.2 Å². The average molecular weight is 554 g/mol. The highest BCUT2D eigenvalue weighted by Gasteiger charge is 2.47. The predicted molar refractivity (Wildman–Crippen MR) is 167 cm³/mol. The highest BCUT2D eigenvalue weighted by Crippen LogP contribution is 2.44. The number of rotatable bonds is 4. The minimum absolute atomic E-state index is 0.0599. The topological polar surface area (TPSA) is 66.8 Å². The van der Waals surface area contributed by atoms with E-state index in [4.69, 9.17) is 4.74 Å². The van der Waals surface area contributed by atoms with Crippen LogP contribution in [0, 0.1) is 0 Å². The summed E-state index contributed by atoms with van der Waals surface area (Å²) in [4.78, 5) is 28.9. The Bertz CT molecular complexity index is 1490. The number of hydrogen-bond acceptors (Lipinski definition) is 4. The van der Waals surface area contributed by atoms with Crippen molar-refractivity contribution in [2.45, 2.75) is 84.6 Å². The van der Waals surface area contributed by atoms with E-state index in [1.165, 1.54) is 4.90 Å². The van der Waals surface area contributed by atoms with Crippen LogP contribution in [0.25, 0.3) is 5.76 Å². The molecule has 3 aromatic carbocycles. The standard InChI is InChI=1S/C36H43NO4/c1-34(2,3)24-14-11-22(12-15-24)30-29(31(38)23-13-20-28(41-10)27(21-23)36(7,8)9)32(39)33(40)37(30)26-18-16-25(17-19-26)35(4,5)6/h11-21,30,38H,1-10H3/b31-29-. The van der Waals surface area contributed by atoms with Gasteiger partial charge in [-0.05, 0) is 63.3 Å². The molecule has 1 atom stereocenters. The predicted octanol–water partition coefficient (Wildman–Crippen LogP) is 8.21. The number of methoxy groups -OCH3 is 1. The van der Waals surface area contributed by atoms with Crippen LogP contribution in [-0.4, -0.2) is 23.9 Å². The molecule has 1 N–H and O–H groups in total. The van der Waals surface area contributed by atoms with Gasteiger partial charge >= 0.3 is 0 Å². The van der Waals surface area contributed by atoms with E-state index < -0.39 is 17.7 Å². The first-order chi connectivity index (χ1) is 18.9. The molecular weight excluding hydrogens is 510 g/mol. The number of benzene rings is 3. The summed E-state index contributed by atoms with van der Waals surface area (Å²) in [7, 11) is 1.61. The van der Waals surface area contributed by atoms with Gasteiger partial charge in [-0.2, -0.15) is 0 Å². The summed E-state index contributed by atoms with van der Waals surface area (Å²) < 4.78 is 5.58. The maximum Gasteiger partial charge on any atom is 0.300 e. The van der Waals surface area contributed by atoms with Gasteiger partial charge in [0, 0.05) is 16.8 Å². The molecule has 4 rings (SSSR count). The molecule has 1 aliphatic rings. The van der Waals surface area contributed by atoms with Gasteiger partial charge in [0.25, 0.3) is 11.7 Å². The minimum atomic E-state index is -0.787. The molecular formula is C36H43NO4. The van der Waals surface area contributed by atoms with Gasteiger partial charge in [0.15, 0.2) is 0 Å². The smallest absolute Gasteiger partial charge is 0.300 e. The number of Topliss-reactive ketones (excluding diaryl/α,β-unsaturated/α-hetero) is 1. The molecule has 1 unspecified atom stereocenters. The Balaban J connectivity index is 1.94. The first-order valence-corrected chi connectivity index (χ1v) is 14.2. The third kappa shape index (κ3) is 5.81. The fourth-order valence-corrected chi connectivity index (χ4v) is 5.30. The van der Waals surface area contributed by atoms with Gasteiger partial charge in [0.05, 0.1) is 18.7 Å². The van der Waals surface area contributed by atoms with Crippen LogP contribution in [0.2, 0.25) is 0 Å². The van der Waals surface area contributed by atoms with Crippen molar-refractivity contribution in [2.24, 2.45) is 0 Å². The molecule has 1 amide bonds. The van der Waals surface area contributed by atoms with Crippen LogP contribution in [0.4, 0.5) is 5.69 Å². The van der Waals surface area contributed by atoms with Crippen LogP contribution in [0.3, 0.4) is 0 Å². The SMILES string of the molecule is COc1ccc(/C(O)=C2/C(=O)C(=O)N(c3ccc(C(C)(C)C)cc3)C2c2ccc(C(C)(C)C)cc2)cc1C(C)(C)C. The summed E-state index contributed by atoms with van der Waals surface area (Å²) in [5.41, 5.74) is 4.65. The lowest BCUT2D eigenvalue weighted by atomic mass is 9.84. The van der Waals surface area contributed by atoms with Crippen LogP contribution >= 0.6 is 0 Å². The maximum absolute atomic E-state index is 13.7. The third-order valence-corrected chi connectivity index (χ3v) is 7.83. The molecule has 0 saturated carbocycles. The summed E-state index contributed by atoms with van der Waals surface area (Å²) >= 11 is 0. The first-order valence-electron chi connectivity index (χ1n) is 14.2. The maximum atomic E-state index is 13.7. The van der Waals surface area contributed by atoms with Gasteiger partial charge in [-0.15, -0.1) is 0 Å². The van der Waals surface area contributed by atoms with Gasteiger partial charge in [-0.1, -0.05) is 98.7 Å².